The van der Waals surface area contributed by atoms with Gasteiger partial charge in [-0.25, -0.2) is 4.98 Å². The topological polar surface area (TPSA) is 72.5 Å². The van der Waals surface area contributed by atoms with E-state index in [0.29, 0.717) is 13.1 Å². The SMILES string of the molecule is C=CCNc1ccc(NCC=C)c(N2CCN(C(=O)C3CCCN3)CC2)n1. The van der Waals surface area contributed by atoms with Crippen molar-refractivity contribution in [3.8, 4) is 0 Å². The van der Waals surface area contributed by atoms with Crippen molar-refractivity contribution < 1.29 is 4.79 Å². The molecule has 1 atom stereocenters. The Morgan fingerprint density at radius 1 is 1.19 bits per heavy atom. The molecule has 0 spiro atoms. The molecule has 0 saturated carbocycles. The number of carbonyl (C=O) groups excluding carboxylic acids is 1. The van der Waals surface area contributed by atoms with Gasteiger partial charge in [-0.3, -0.25) is 4.79 Å². The van der Waals surface area contributed by atoms with Crippen LogP contribution in [0.3, 0.4) is 0 Å². The number of amides is 1. The maximum absolute atomic E-state index is 12.6. The van der Waals surface area contributed by atoms with Gasteiger partial charge in [-0.2, -0.15) is 0 Å². The van der Waals surface area contributed by atoms with E-state index in [1.54, 1.807) is 0 Å². The summed E-state index contributed by atoms with van der Waals surface area (Å²) in [5, 5.41) is 9.91. The third-order valence-corrected chi connectivity index (χ3v) is 4.99. The molecule has 0 aromatic carbocycles. The Balaban J connectivity index is 1.68. The van der Waals surface area contributed by atoms with Crippen LogP contribution in [0.1, 0.15) is 12.8 Å². The van der Waals surface area contributed by atoms with Crippen LogP contribution < -0.4 is 20.9 Å². The molecule has 1 aromatic rings. The highest BCUT2D eigenvalue weighted by Crippen LogP contribution is 2.27. The van der Waals surface area contributed by atoms with Gasteiger partial charge in [0.1, 0.15) is 5.82 Å². The molecule has 2 saturated heterocycles. The highest BCUT2D eigenvalue weighted by atomic mass is 16.2. The maximum Gasteiger partial charge on any atom is 0.239 e. The molecular weight excluding hydrogens is 340 g/mol. The van der Waals surface area contributed by atoms with Crippen molar-refractivity contribution in [1.29, 1.82) is 0 Å². The van der Waals surface area contributed by atoms with Crippen molar-refractivity contribution in [2.75, 3.05) is 61.3 Å². The van der Waals surface area contributed by atoms with Crippen LogP contribution >= 0.6 is 0 Å². The van der Waals surface area contributed by atoms with Crippen LogP contribution in [0.2, 0.25) is 0 Å². The summed E-state index contributed by atoms with van der Waals surface area (Å²) >= 11 is 0. The fourth-order valence-electron chi connectivity index (χ4n) is 3.54. The van der Waals surface area contributed by atoms with Gasteiger partial charge in [0.05, 0.1) is 11.7 Å². The lowest BCUT2D eigenvalue weighted by Gasteiger charge is -2.37. The van der Waals surface area contributed by atoms with Gasteiger partial charge < -0.3 is 25.8 Å². The Bertz CT molecular complexity index is 662. The van der Waals surface area contributed by atoms with Crippen LogP contribution in [0, 0.1) is 0 Å². The zero-order chi connectivity index (χ0) is 19.1. The summed E-state index contributed by atoms with van der Waals surface area (Å²) in [6.07, 6.45) is 5.68. The predicted octanol–water partition coefficient (Wildman–Crippen LogP) is 1.68. The van der Waals surface area contributed by atoms with Crippen molar-refractivity contribution in [2.24, 2.45) is 0 Å². The number of aromatic nitrogens is 1. The van der Waals surface area contributed by atoms with Crippen LogP contribution in [-0.4, -0.2) is 67.6 Å². The van der Waals surface area contributed by atoms with E-state index in [0.717, 1.165) is 62.9 Å². The largest absolute Gasteiger partial charge is 0.379 e. The summed E-state index contributed by atoms with van der Waals surface area (Å²) < 4.78 is 0. The van der Waals surface area contributed by atoms with E-state index >= 15 is 0 Å². The minimum absolute atomic E-state index is 0.00549. The fraction of sp³-hybridized carbons (Fsp3) is 0.500. The van der Waals surface area contributed by atoms with E-state index in [1.807, 2.05) is 29.2 Å². The number of anilines is 3. The van der Waals surface area contributed by atoms with Crippen molar-refractivity contribution in [3.05, 3.63) is 37.4 Å². The van der Waals surface area contributed by atoms with Crippen LogP contribution in [-0.2, 0) is 4.79 Å². The average molecular weight is 371 g/mol. The lowest BCUT2D eigenvalue weighted by molar-refractivity contribution is -0.133. The fourth-order valence-corrected chi connectivity index (χ4v) is 3.54. The molecule has 7 heteroatoms. The number of hydrogen-bond acceptors (Lipinski definition) is 6. The molecule has 3 rings (SSSR count). The molecule has 2 aliphatic heterocycles. The van der Waals surface area contributed by atoms with E-state index in [1.165, 1.54) is 0 Å². The van der Waals surface area contributed by atoms with E-state index in [-0.39, 0.29) is 11.9 Å². The zero-order valence-corrected chi connectivity index (χ0v) is 15.9. The number of piperazine rings is 1. The quantitative estimate of drug-likeness (QED) is 0.605. The molecule has 7 nitrogen and oxygen atoms in total. The lowest BCUT2D eigenvalue weighted by atomic mass is 10.2. The van der Waals surface area contributed by atoms with E-state index in [4.69, 9.17) is 4.98 Å². The van der Waals surface area contributed by atoms with Crippen molar-refractivity contribution >= 4 is 23.2 Å². The second-order valence-electron chi connectivity index (χ2n) is 6.87. The Kier molecular flexibility index (Phi) is 6.70. The molecular formula is C20H30N6O. The molecule has 2 aliphatic rings. The van der Waals surface area contributed by atoms with E-state index < -0.39 is 0 Å². The van der Waals surface area contributed by atoms with Crippen molar-refractivity contribution in [2.45, 2.75) is 18.9 Å². The van der Waals surface area contributed by atoms with Crippen molar-refractivity contribution in [3.63, 3.8) is 0 Å². The minimum atomic E-state index is 0.00549. The maximum atomic E-state index is 12.6. The second kappa shape index (κ2) is 9.41. The number of hydrogen-bond donors (Lipinski definition) is 3. The first-order chi connectivity index (χ1) is 13.2. The molecule has 3 N–H and O–H groups in total. The summed E-state index contributed by atoms with van der Waals surface area (Å²) in [4.78, 5) is 21.6. The van der Waals surface area contributed by atoms with Gasteiger partial charge in [0.2, 0.25) is 5.91 Å². The molecule has 1 aromatic heterocycles. The second-order valence-corrected chi connectivity index (χ2v) is 6.87. The Morgan fingerprint density at radius 3 is 2.59 bits per heavy atom. The van der Waals surface area contributed by atoms with Gasteiger partial charge in [0.25, 0.3) is 0 Å². The minimum Gasteiger partial charge on any atom is -0.379 e. The van der Waals surface area contributed by atoms with Crippen molar-refractivity contribution in [1.82, 2.24) is 15.2 Å². The molecule has 1 unspecified atom stereocenters. The monoisotopic (exact) mass is 370 g/mol. The summed E-state index contributed by atoms with van der Waals surface area (Å²) in [7, 11) is 0. The number of carbonyl (C=O) groups is 1. The van der Waals surface area contributed by atoms with Crippen LogP contribution in [0.4, 0.5) is 17.3 Å². The zero-order valence-electron chi connectivity index (χ0n) is 15.9. The van der Waals surface area contributed by atoms with Gasteiger partial charge in [-0.1, -0.05) is 12.2 Å². The Morgan fingerprint density at radius 2 is 1.93 bits per heavy atom. The Labute approximate surface area is 161 Å². The molecule has 0 radical (unpaired) electrons. The summed E-state index contributed by atoms with van der Waals surface area (Å²) in [5.41, 5.74) is 0.983. The molecule has 0 bridgehead atoms. The number of pyridine rings is 1. The van der Waals surface area contributed by atoms with Crippen LogP contribution in [0.5, 0.6) is 0 Å². The van der Waals surface area contributed by atoms with Crippen LogP contribution in [0.25, 0.3) is 0 Å². The molecule has 27 heavy (non-hydrogen) atoms. The third kappa shape index (κ3) is 4.80. The standard InChI is InChI=1S/C20H30N6O/c1-3-9-21-16-7-8-18(23-10-4-2)24-19(16)25-12-14-26(15-13-25)20(27)17-6-5-11-22-17/h3-4,7-8,17,21-22H,1-2,5-6,9-15H2,(H,23,24). The first kappa shape index (κ1) is 19.2. The molecule has 3 heterocycles. The van der Waals surface area contributed by atoms with Gasteiger partial charge in [0.15, 0.2) is 5.82 Å². The highest BCUT2D eigenvalue weighted by molar-refractivity contribution is 5.82. The van der Waals surface area contributed by atoms with E-state index in [9.17, 15) is 4.79 Å². The number of nitrogens with zero attached hydrogens (tertiary/aromatic N) is 3. The normalized spacial score (nSPS) is 19.6. The molecule has 2 fully saturated rings. The molecule has 0 aliphatic carbocycles. The Hall–Kier alpha value is -2.54. The smallest absolute Gasteiger partial charge is 0.239 e. The van der Waals surface area contributed by atoms with Gasteiger partial charge in [0, 0.05) is 39.3 Å². The molecule has 146 valence electrons. The average Bonchev–Trinajstić information content (AvgIpc) is 3.25. The van der Waals surface area contributed by atoms with E-state index in [2.05, 4.69) is 34.0 Å². The highest BCUT2D eigenvalue weighted by Gasteiger charge is 2.30. The van der Waals surface area contributed by atoms with Gasteiger partial charge >= 0.3 is 0 Å². The van der Waals surface area contributed by atoms with Gasteiger partial charge in [-0.15, -0.1) is 13.2 Å². The predicted molar refractivity (Wildman–Crippen MR) is 111 cm³/mol. The van der Waals surface area contributed by atoms with Crippen LogP contribution in [0.15, 0.2) is 37.4 Å². The summed E-state index contributed by atoms with van der Waals surface area (Å²) in [6, 6.07) is 4.01. The first-order valence-corrected chi connectivity index (χ1v) is 9.70. The lowest BCUT2D eigenvalue weighted by Crippen LogP contribution is -2.53. The number of nitrogens with one attached hydrogen (secondary N) is 3. The third-order valence-electron chi connectivity index (χ3n) is 4.99. The first-order valence-electron chi connectivity index (χ1n) is 9.70. The van der Waals surface area contributed by atoms with Gasteiger partial charge in [-0.05, 0) is 31.5 Å². The summed E-state index contributed by atoms with van der Waals surface area (Å²) in [6.45, 7) is 12.8. The number of rotatable bonds is 8. The molecule has 1 amide bonds. The summed E-state index contributed by atoms with van der Waals surface area (Å²) in [5.74, 6) is 1.98.